The van der Waals surface area contributed by atoms with Crippen LogP contribution in [0.1, 0.15) is 10.4 Å². The highest BCUT2D eigenvalue weighted by Gasteiger charge is 2.27. The molecule has 1 aromatic carbocycles. The molecule has 1 saturated heterocycles. The van der Waals surface area contributed by atoms with E-state index in [0.717, 1.165) is 42.0 Å². The maximum Gasteiger partial charge on any atom is 0.274 e. The number of halogens is 1. The van der Waals surface area contributed by atoms with Crippen LogP contribution in [0.15, 0.2) is 53.1 Å². The zero-order valence-corrected chi connectivity index (χ0v) is 13.2. The molecule has 2 aromatic rings. The van der Waals surface area contributed by atoms with Crippen molar-refractivity contribution in [1.82, 2.24) is 4.90 Å². The van der Waals surface area contributed by atoms with Crippen LogP contribution in [0.3, 0.4) is 0 Å². The van der Waals surface area contributed by atoms with E-state index < -0.39 is 0 Å². The standard InChI is InChI=1S/C16H16BrN3O/c17-14-6-2-1-5-13(14)16(21)20-11-9-19(10-12-20)15-7-3-4-8-18-15/h1-8H,9-12H2/p+1. The lowest BCUT2D eigenvalue weighted by atomic mass is 10.2. The average Bonchev–Trinajstić information content (AvgIpc) is 2.56. The van der Waals surface area contributed by atoms with E-state index in [-0.39, 0.29) is 5.91 Å². The van der Waals surface area contributed by atoms with Gasteiger partial charge in [0.2, 0.25) is 0 Å². The predicted molar refractivity (Wildman–Crippen MR) is 85.3 cm³/mol. The molecule has 0 radical (unpaired) electrons. The van der Waals surface area contributed by atoms with E-state index in [1.165, 1.54) is 0 Å². The number of aromatic nitrogens is 1. The zero-order chi connectivity index (χ0) is 14.7. The number of anilines is 1. The van der Waals surface area contributed by atoms with Crippen molar-refractivity contribution in [2.75, 3.05) is 31.1 Å². The third kappa shape index (κ3) is 3.08. The van der Waals surface area contributed by atoms with Gasteiger partial charge >= 0.3 is 0 Å². The summed E-state index contributed by atoms with van der Waals surface area (Å²) < 4.78 is 0.855. The van der Waals surface area contributed by atoms with Crippen molar-refractivity contribution in [3.05, 3.63) is 58.7 Å². The molecule has 4 nitrogen and oxygen atoms in total. The van der Waals surface area contributed by atoms with E-state index in [1.807, 2.05) is 47.5 Å². The normalized spacial score (nSPS) is 15.1. The molecule has 1 aliphatic heterocycles. The van der Waals surface area contributed by atoms with E-state index in [1.54, 1.807) is 0 Å². The van der Waals surface area contributed by atoms with Gasteiger partial charge in [0.1, 0.15) is 13.1 Å². The number of nitrogens with zero attached hydrogens (tertiary/aromatic N) is 2. The number of carbonyl (C=O) groups is 1. The molecule has 1 aliphatic rings. The summed E-state index contributed by atoms with van der Waals surface area (Å²) in [5.41, 5.74) is 0.734. The van der Waals surface area contributed by atoms with Crippen molar-refractivity contribution in [2.45, 2.75) is 0 Å². The molecule has 1 amide bonds. The minimum atomic E-state index is 0.0965. The first kappa shape index (κ1) is 14.1. The molecule has 5 heteroatoms. The second-order valence-corrected chi connectivity index (χ2v) is 5.86. The summed E-state index contributed by atoms with van der Waals surface area (Å²) >= 11 is 3.45. The quantitative estimate of drug-likeness (QED) is 0.836. The maximum atomic E-state index is 12.5. The number of hydrogen-bond donors (Lipinski definition) is 0. The van der Waals surface area contributed by atoms with Crippen LogP contribution < -0.4 is 9.88 Å². The Kier molecular flexibility index (Phi) is 4.20. The van der Waals surface area contributed by atoms with Crippen molar-refractivity contribution in [1.29, 1.82) is 0 Å². The van der Waals surface area contributed by atoms with Crippen LogP contribution >= 0.6 is 15.9 Å². The van der Waals surface area contributed by atoms with Gasteiger partial charge in [0.25, 0.3) is 11.7 Å². The number of amides is 1. The number of aromatic amines is 1. The van der Waals surface area contributed by atoms with Gasteiger partial charge in [-0.3, -0.25) is 9.69 Å². The highest BCUT2D eigenvalue weighted by atomic mass is 79.9. The van der Waals surface area contributed by atoms with Crippen LogP contribution in [0.2, 0.25) is 0 Å². The molecular weight excluding hydrogens is 330 g/mol. The van der Waals surface area contributed by atoms with E-state index in [2.05, 4.69) is 31.9 Å². The Morgan fingerprint density at radius 3 is 2.38 bits per heavy atom. The summed E-state index contributed by atoms with van der Waals surface area (Å²) in [6.45, 7) is 3.17. The number of hydrogen-bond acceptors (Lipinski definition) is 2. The number of pyridine rings is 1. The molecule has 1 fully saturated rings. The summed E-state index contributed by atoms with van der Waals surface area (Å²) in [6, 6.07) is 13.6. The topological polar surface area (TPSA) is 37.7 Å². The Morgan fingerprint density at radius 1 is 1.00 bits per heavy atom. The van der Waals surface area contributed by atoms with Gasteiger partial charge in [-0.1, -0.05) is 18.2 Å². The predicted octanol–water partition coefficient (Wildman–Crippen LogP) is 2.23. The first-order chi connectivity index (χ1) is 10.3. The monoisotopic (exact) mass is 346 g/mol. The summed E-state index contributed by atoms with van der Waals surface area (Å²) in [5, 5.41) is 0. The lowest BCUT2D eigenvalue weighted by Crippen LogP contribution is -2.50. The molecule has 0 bridgehead atoms. The van der Waals surface area contributed by atoms with Gasteiger partial charge in [-0.2, -0.15) is 0 Å². The number of nitrogens with one attached hydrogen (secondary N) is 1. The molecule has 1 aromatic heterocycles. The van der Waals surface area contributed by atoms with Crippen LogP contribution in [0.5, 0.6) is 0 Å². The van der Waals surface area contributed by atoms with Crippen molar-refractivity contribution in [3.8, 4) is 0 Å². The fraction of sp³-hybridized carbons (Fsp3) is 0.250. The van der Waals surface area contributed by atoms with E-state index >= 15 is 0 Å². The van der Waals surface area contributed by atoms with Gasteiger partial charge in [-0.05, 0) is 34.1 Å². The number of benzene rings is 1. The molecule has 1 N–H and O–H groups in total. The Labute approximate surface area is 132 Å². The first-order valence-corrected chi connectivity index (χ1v) is 7.80. The second-order valence-electron chi connectivity index (χ2n) is 5.01. The lowest BCUT2D eigenvalue weighted by Gasteiger charge is -2.31. The molecule has 0 saturated carbocycles. The van der Waals surface area contributed by atoms with Crippen molar-refractivity contribution in [2.24, 2.45) is 0 Å². The third-order valence-electron chi connectivity index (χ3n) is 3.70. The summed E-state index contributed by atoms with van der Waals surface area (Å²) in [5.74, 6) is 1.20. The highest BCUT2D eigenvalue weighted by molar-refractivity contribution is 9.10. The minimum Gasteiger partial charge on any atom is -0.331 e. The van der Waals surface area contributed by atoms with Crippen molar-refractivity contribution < 1.29 is 9.78 Å². The number of H-pyrrole nitrogens is 1. The average molecular weight is 347 g/mol. The Hall–Kier alpha value is -1.88. The fourth-order valence-corrected chi connectivity index (χ4v) is 2.99. The lowest BCUT2D eigenvalue weighted by molar-refractivity contribution is -0.364. The molecule has 0 atom stereocenters. The Balaban J connectivity index is 1.66. The number of piperazine rings is 1. The highest BCUT2D eigenvalue weighted by Crippen LogP contribution is 2.19. The Bertz CT molecular complexity index is 624. The molecule has 2 heterocycles. The molecule has 3 rings (SSSR count). The molecule has 0 unspecified atom stereocenters. The number of carbonyl (C=O) groups excluding carboxylic acids is 1. The van der Waals surface area contributed by atoms with Crippen LogP contribution in [0.25, 0.3) is 0 Å². The summed E-state index contributed by atoms with van der Waals surface area (Å²) in [4.78, 5) is 20.0. The van der Waals surface area contributed by atoms with Gasteiger partial charge in [-0.15, -0.1) is 0 Å². The van der Waals surface area contributed by atoms with Crippen molar-refractivity contribution in [3.63, 3.8) is 0 Å². The third-order valence-corrected chi connectivity index (χ3v) is 4.40. The molecule has 21 heavy (non-hydrogen) atoms. The largest absolute Gasteiger partial charge is 0.331 e. The first-order valence-electron chi connectivity index (χ1n) is 7.01. The van der Waals surface area contributed by atoms with Gasteiger partial charge in [0, 0.05) is 10.5 Å². The van der Waals surface area contributed by atoms with Crippen LogP contribution in [0.4, 0.5) is 5.82 Å². The summed E-state index contributed by atoms with van der Waals surface area (Å²) in [7, 11) is 0. The molecule has 0 spiro atoms. The van der Waals surface area contributed by atoms with E-state index in [0.29, 0.717) is 0 Å². The SMILES string of the molecule is O=C(c1ccccc1Br)N1CCN(c2cccc[nH+]2)CC1. The minimum absolute atomic E-state index is 0.0965. The van der Waals surface area contributed by atoms with Crippen LogP contribution in [-0.4, -0.2) is 37.0 Å². The van der Waals surface area contributed by atoms with E-state index in [4.69, 9.17) is 0 Å². The Morgan fingerprint density at radius 2 is 1.71 bits per heavy atom. The molecule has 108 valence electrons. The molecule has 0 aliphatic carbocycles. The maximum absolute atomic E-state index is 12.5. The van der Waals surface area contributed by atoms with Crippen LogP contribution in [-0.2, 0) is 0 Å². The van der Waals surface area contributed by atoms with Crippen molar-refractivity contribution >= 4 is 27.7 Å². The smallest absolute Gasteiger partial charge is 0.274 e. The van der Waals surface area contributed by atoms with Gasteiger partial charge < -0.3 is 4.90 Å². The number of rotatable bonds is 2. The van der Waals surface area contributed by atoms with Gasteiger partial charge in [0.05, 0.1) is 24.8 Å². The second kappa shape index (κ2) is 6.26. The summed E-state index contributed by atoms with van der Waals surface area (Å²) in [6.07, 6.45) is 1.92. The fourth-order valence-electron chi connectivity index (χ4n) is 2.54. The van der Waals surface area contributed by atoms with E-state index in [9.17, 15) is 4.79 Å². The van der Waals surface area contributed by atoms with Gasteiger partial charge in [-0.25, -0.2) is 4.98 Å². The van der Waals surface area contributed by atoms with Gasteiger partial charge in [0.15, 0.2) is 0 Å². The van der Waals surface area contributed by atoms with Crippen LogP contribution in [0, 0.1) is 0 Å². The zero-order valence-electron chi connectivity index (χ0n) is 11.6. The molecular formula is C16H17BrN3O+.